The minimum Gasteiger partial charge on any atom is -0.488 e. The second kappa shape index (κ2) is 7.87. The highest BCUT2D eigenvalue weighted by Crippen LogP contribution is 2.29. The lowest BCUT2D eigenvalue weighted by Gasteiger charge is -2.14. The lowest BCUT2D eigenvalue weighted by molar-refractivity contribution is -0.136. The number of furan rings is 1. The molecule has 0 aliphatic carbocycles. The lowest BCUT2D eigenvalue weighted by Crippen LogP contribution is -2.03. The quantitative estimate of drug-likeness (QED) is 0.598. The molecule has 4 heteroatoms. The third-order valence-corrected chi connectivity index (χ3v) is 5.08. The molecule has 27 heavy (non-hydrogen) atoms. The molecule has 0 unspecified atom stereocenters. The fraction of sp³-hybridized carbons (Fsp3) is 0.348. The number of fused-ring (bicyclic) bond motifs is 1. The minimum absolute atomic E-state index is 0.139. The van der Waals surface area contributed by atoms with E-state index >= 15 is 0 Å². The van der Waals surface area contributed by atoms with E-state index in [1.165, 1.54) is 5.56 Å². The van der Waals surface area contributed by atoms with E-state index in [4.69, 9.17) is 14.3 Å². The molecule has 0 saturated heterocycles. The summed E-state index contributed by atoms with van der Waals surface area (Å²) in [6, 6.07) is 10.2. The zero-order chi connectivity index (χ0) is 19.6. The molecule has 0 aliphatic heterocycles. The number of benzene rings is 2. The first-order valence-corrected chi connectivity index (χ1v) is 9.34. The molecule has 0 radical (unpaired) electrons. The number of hydrogen-bond donors (Lipinski definition) is 1. The van der Waals surface area contributed by atoms with Gasteiger partial charge in [0.1, 0.15) is 23.7 Å². The van der Waals surface area contributed by atoms with Crippen molar-refractivity contribution in [3.05, 3.63) is 63.9 Å². The van der Waals surface area contributed by atoms with Gasteiger partial charge >= 0.3 is 5.97 Å². The summed E-state index contributed by atoms with van der Waals surface area (Å²) < 4.78 is 12.1. The van der Waals surface area contributed by atoms with Gasteiger partial charge in [0.15, 0.2) is 0 Å². The van der Waals surface area contributed by atoms with Gasteiger partial charge in [0.05, 0.1) is 0 Å². The van der Waals surface area contributed by atoms with Crippen LogP contribution in [-0.4, -0.2) is 11.1 Å². The van der Waals surface area contributed by atoms with Gasteiger partial charge in [-0.2, -0.15) is 0 Å². The SMILES string of the molecule is CCc1cc2cc(C)cc(COc3ccc(CCC(=O)O)c(C)c3C)c2o1. The van der Waals surface area contributed by atoms with E-state index in [2.05, 4.69) is 32.0 Å². The maximum Gasteiger partial charge on any atom is 0.303 e. The number of carboxylic acid groups (broad SMARTS) is 1. The van der Waals surface area contributed by atoms with Gasteiger partial charge in [0.25, 0.3) is 0 Å². The second-order valence-corrected chi connectivity index (χ2v) is 7.06. The molecule has 0 spiro atoms. The van der Waals surface area contributed by atoms with Crippen molar-refractivity contribution in [3.8, 4) is 5.75 Å². The number of aliphatic carboxylic acids is 1. The standard InChI is InChI=1S/C23H26O4/c1-5-20-12-18-10-14(2)11-19(23(18)27-20)13-26-21-8-6-17(7-9-22(24)25)15(3)16(21)4/h6,8,10-12H,5,7,9,13H2,1-4H3,(H,24,25). The molecule has 1 aromatic heterocycles. The zero-order valence-corrected chi connectivity index (χ0v) is 16.4. The van der Waals surface area contributed by atoms with Gasteiger partial charge < -0.3 is 14.3 Å². The molecule has 0 aliphatic rings. The number of carboxylic acids is 1. The van der Waals surface area contributed by atoms with Crippen molar-refractivity contribution in [2.24, 2.45) is 0 Å². The Hall–Kier alpha value is -2.75. The van der Waals surface area contributed by atoms with E-state index in [1.54, 1.807) is 0 Å². The van der Waals surface area contributed by atoms with Crippen molar-refractivity contribution in [3.63, 3.8) is 0 Å². The molecular weight excluding hydrogens is 340 g/mol. The number of hydrogen-bond acceptors (Lipinski definition) is 3. The van der Waals surface area contributed by atoms with Crippen LogP contribution >= 0.6 is 0 Å². The molecule has 142 valence electrons. The van der Waals surface area contributed by atoms with E-state index < -0.39 is 5.97 Å². The van der Waals surface area contributed by atoms with Crippen LogP contribution in [0.15, 0.2) is 34.7 Å². The van der Waals surface area contributed by atoms with E-state index in [-0.39, 0.29) is 6.42 Å². The average Bonchev–Trinajstić information content (AvgIpc) is 3.04. The number of carbonyl (C=O) groups is 1. The van der Waals surface area contributed by atoms with Gasteiger partial charge in [-0.15, -0.1) is 0 Å². The van der Waals surface area contributed by atoms with Crippen molar-refractivity contribution < 1.29 is 19.1 Å². The van der Waals surface area contributed by atoms with Crippen molar-refractivity contribution in [2.45, 2.75) is 53.6 Å². The Morgan fingerprint density at radius 3 is 2.56 bits per heavy atom. The molecule has 4 nitrogen and oxygen atoms in total. The largest absolute Gasteiger partial charge is 0.488 e. The van der Waals surface area contributed by atoms with Gasteiger partial charge in [-0.05, 0) is 73.7 Å². The third kappa shape index (κ3) is 4.16. The summed E-state index contributed by atoms with van der Waals surface area (Å²) in [7, 11) is 0. The van der Waals surface area contributed by atoms with Crippen LogP contribution in [0.25, 0.3) is 11.0 Å². The van der Waals surface area contributed by atoms with Crippen LogP contribution < -0.4 is 4.74 Å². The van der Waals surface area contributed by atoms with E-state index in [0.717, 1.165) is 51.2 Å². The highest BCUT2D eigenvalue weighted by molar-refractivity contribution is 5.82. The second-order valence-electron chi connectivity index (χ2n) is 7.06. The summed E-state index contributed by atoms with van der Waals surface area (Å²) in [6.45, 7) is 8.63. The predicted molar refractivity (Wildman–Crippen MR) is 107 cm³/mol. The van der Waals surface area contributed by atoms with Crippen molar-refractivity contribution in [2.75, 3.05) is 0 Å². The van der Waals surface area contributed by atoms with Crippen LogP contribution in [-0.2, 0) is 24.2 Å². The highest BCUT2D eigenvalue weighted by atomic mass is 16.5. The molecule has 0 atom stereocenters. The molecule has 1 N–H and O–H groups in total. The summed E-state index contributed by atoms with van der Waals surface area (Å²) in [4.78, 5) is 10.8. The summed E-state index contributed by atoms with van der Waals surface area (Å²) in [6.07, 6.45) is 1.54. The van der Waals surface area contributed by atoms with Gasteiger partial charge in [-0.3, -0.25) is 4.79 Å². The summed E-state index contributed by atoms with van der Waals surface area (Å²) >= 11 is 0. The van der Waals surface area contributed by atoms with Crippen molar-refractivity contribution in [1.82, 2.24) is 0 Å². The van der Waals surface area contributed by atoms with Crippen molar-refractivity contribution >= 4 is 16.9 Å². The summed E-state index contributed by atoms with van der Waals surface area (Å²) in [5.41, 5.74) is 6.31. The molecule has 3 rings (SSSR count). The lowest BCUT2D eigenvalue weighted by atomic mass is 9.99. The van der Waals surface area contributed by atoms with Crippen LogP contribution in [0.4, 0.5) is 0 Å². The first-order valence-electron chi connectivity index (χ1n) is 9.34. The molecule has 1 heterocycles. The molecule has 0 saturated carbocycles. The van der Waals surface area contributed by atoms with E-state index in [9.17, 15) is 4.79 Å². The topological polar surface area (TPSA) is 59.7 Å². The van der Waals surface area contributed by atoms with E-state index in [1.807, 2.05) is 26.0 Å². The molecule has 2 aromatic carbocycles. The minimum atomic E-state index is -0.777. The van der Waals surface area contributed by atoms with Gasteiger partial charge in [-0.25, -0.2) is 0 Å². The van der Waals surface area contributed by atoms with Gasteiger partial charge in [0, 0.05) is 23.8 Å². The summed E-state index contributed by atoms with van der Waals surface area (Å²) in [5.74, 6) is 1.02. The maximum atomic E-state index is 10.8. The Bertz CT molecular complexity index is 982. The maximum absolute atomic E-state index is 10.8. The Kier molecular flexibility index (Phi) is 5.54. The highest BCUT2D eigenvalue weighted by Gasteiger charge is 2.12. The first-order chi connectivity index (χ1) is 12.9. The van der Waals surface area contributed by atoms with Crippen LogP contribution in [0.2, 0.25) is 0 Å². The van der Waals surface area contributed by atoms with Crippen LogP contribution in [0.3, 0.4) is 0 Å². The Labute approximate surface area is 159 Å². The monoisotopic (exact) mass is 366 g/mol. The van der Waals surface area contributed by atoms with E-state index in [0.29, 0.717) is 13.0 Å². The Balaban J connectivity index is 1.82. The Morgan fingerprint density at radius 2 is 1.85 bits per heavy atom. The Morgan fingerprint density at radius 1 is 1.07 bits per heavy atom. The van der Waals surface area contributed by atoms with Gasteiger partial charge in [-0.1, -0.05) is 13.0 Å². The fourth-order valence-corrected chi connectivity index (χ4v) is 3.40. The fourth-order valence-electron chi connectivity index (χ4n) is 3.40. The smallest absolute Gasteiger partial charge is 0.303 e. The number of ether oxygens (including phenoxy) is 1. The third-order valence-electron chi connectivity index (χ3n) is 5.08. The zero-order valence-electron chi connectivity index (χ0n) is 16.4. The summed E-state index contributed by atoms with van der Waals surface area (Å²) in [5, 5.41) is 10.0. The first kappa shape index (κ1) is 19.0. The van der Waals surface area contributed by atoms with Crippen molar-refractivity contribution in [1.29, 1.82) is 0 Å². The number of aryl methyl sites for hydroxylation is 3. The molecule has 0 fully saturated rings. The predicted octanol–water partition coefficient (Wildman–Crippen LogP) is 5.52. The molecular formula is C23H26O4. The molecule has 0 bridgehead atoms. The number of rotatable bonds is 7. The van der Waals surface area contributed by atoms with Crippen LogP contribution in [0, 0.1) is 20.8 Å². The normalized spacial score (nSPS) is 11.1. The molecule has 3 aromatic rings. The van der Waals surface area contributed by atoms with Crippen LogP contribution in [0.5, 0.6) is 5.75 Å². The average molecular weight is 366 g/mol. The van der Waals surface area contributed by atoms with Crippen LogP contribution in [0.1, 0.15) is 46.9 Å². The van der Waals surface area contributed by atoms with Gasteiger partial charge in [0.2, 0.25) is 0 Å². The molecule has 0 amide bonds.